The van der Waals surface area contributed by atoms with Crippen LogP contribution in [0.3, 0.4) is 0 Å². The fourth-order valence-corrected chi connectivity index (χ4v) is 3.69. The van der Waals surface area contributed by atoms with Gasteiger partial charge >= 0.3 is 0 Å². The molecule has 0 saturated carbocycles. The molecule has 0 aliphatic rings. The first-order valence-corrected chi connectivity index (χ1v) is 12.1. The maximum atomic E-state index is 12.8. The molecule has 0 heterocycles. The summed E-state index contributed by atoms with van der Waals surface area (Å²) >= 11 is 0. The van der Waals surface area contributed by atoms with E-state index < -0.39 is 17.9 Å². The molecular weight excluding hydrogens is 458 g/mol. The van der Waals surface area contributed by atoms with Crippen molar-refractivity contribution < 1.29 is 24.2 Å². The van der Waals surface area contributed by atoms with E-state index in [4.69, 9.17) is 9.47 Å². The van der Waals surface area contributed by atoms with Crippen LogP contribution in [0.5, 0.6) is 17.2 Å². The average Bonchev–Trinajstić information content (AvgIpc) is 2.81. The third kappa shape index (κ3) is 8.45. The van der Waals surface area contributed by atoms with Gasteiger partial charge in [-0.05, 0) is 68.4 Å². The second-order valence-electron chi connectivity index (χ2n) is 8.95. The fourth-order valence-electron chi connectivity index (χ4n) is 3.69. The molecule has 0 aliphatic heterocycles. The first-order valence-electron chi connectivity index (χ1n) is 12.1. The third-order valence-corrected chi connectivity index (χ3v) is 5.34. The van der Waals surface area contributed by atoms with Gasteiger partial charge < -0.3 is 19.9 Å². The normalized spacial score (nSPS) is 11.8. The minimum atomic E-state index is -0.772. The number of aryl methyl sites for hydroxylation is 2. The topological polar surface area (TPSA) is 109 Å². The highest BCUT2D eigenvalue weighted by atomic mass is 16.5. The summed E-state index contributed by atoms with van der Waals surface area (Å²) < 4.78 is 11.2. The molecule has 0 aromatic heterocycles. The van der Waals surface area contributed by atoms with Crippen LogP contribution in [0.1, 0.15) is 49.4 Å². The molecular formula is C28H37N3O5. The molecule has 0 spiro atoms. The van der Waals surface area contributed by atoms with Crippen molar-refractivity contribution in [1.82, 2.24) is 10.7 Å². The van der Waals surface area contributed by atoms with Gasteiger partial charge in [0.15, 0.2) is 18.1 Å². The Balaban J connectivity index is 2.06. The van der Waals surface area contributed by atoms with Gasteiger partial charge in [-0.15, -0.1) is 6.58 Å². The van der Waals surface area contributed by atoms with Crippen LogP contribution in [-0.4, -0.2) is 42.4 Å². The van der Waals surface area contributed by atoms with Gasteiger partial charge in [-0.25, -0.2) is 5.43 Å². The zero-order chi connectivity index (χ0) is 26.7. The highest BCUT2D eigenvalue weighted by Crippen LogP contribution is 2.32. The number of allylic oxidation sites excluding steroid dienone is 1. The number of carbonyl (C=O) groups is 2. The lowest BCUT2D eigenvalue weighted by Gasteiger charge is -2.19. The molecule has 36 heavy (non-hydrogen) atoms. The molecule has 2 aromatic rings. The van der Waals surface area contributed by atoms with E-state index in [-0.39, 0.29) is 18.3 Å². The van der Waals surface area contributed by atoms with Gasteiger partial charge in [0.1, 0.15) is 11.8 Å². The molecule has 2 amide bonds. The van der Waals surface area contributed by atoms with Gasteiger partial charge in [-0.1, -0.05) is 38.1 Å². The van der Waals surface area contributed by atoms with Crippen molar-refractivity contribution in [2.75, 3.05) is 13.2 Å². The second kappa shape index (κ2) is 13.9. The Bertz CT molecular complexity index is 1070. The summed E-state index contributed by atoms with van der Waals surface area (Å²) in [5, 5.41) is 17.1. The van der Waals surface area contributed by atoms with E-state index in [0.717, 1.165) is 11.1 Å². The first-order chi connectivity index (χ1) is 17.2. The van der Waals surface area contributed by atoms with E-state index in [2.05, 4.69) is 22.4 Å². The smallest absolute Gasteiger partial charge is 0.262 e. The minimum absolute atomic E-state index is 0.0563. The van der Waals surface area contributed by atoms with Crippen LogP contribution >= 0.6 is 0 Å². The van der Waals surface area contributed by atoms with Gasteiger partial charge in [0, 0.05) is 5.56 Å². The summed E-state index contributed by atoms with van der Waals surface area (Å²) in [6.45, 7) is 13.5. The van der Waals surface area contributed by atoms with Crippen LogP contribution in [-0.2, 0) is 16.0 Å². The number of ether oxygens (including phenoxy) is 2. The largest absolute Gasteiger partial charge is 0.504 e. The molecule has 2 rings (SSSR count). The number of aromatic hydroxyl groups is 1. The molecule has 0 radical (unpaired) electrons. The molecule has 8 heteroatoms. The van der Waals surface area contributed by atoms with Crippen LogP contribution in [0.2, 0.25) is 0 Å². The predicted molar refractivity (Wildman–Crippen MR) is 142 cm³/mol. The number of benzene rings is 2. The highest BCUT2D eigenvalue weighted by molar-refractivity contribution is 5.89. The molecule has 1 atom stereocenters. The van der Waals surface area contributed by atoms with Crippen molar-refractivity contribution >= 4 is 18.0 Å². The van der Waals surface area contributed by atoms with Crippen LogP contribution < -0.4 is 20.2 Å². The van der Waals surface area contributed by atoms with Crippen molar-refractivity contribution in [1.29, 1.82) is 0 Å². The highest BCUT2D eigenvalue weighted by Gasteiger charge is 2.22. The quantitative estimate of drug-likeness (QED) is 0.219. The Kier molecular flexibility index (Phi) is 11.0. The summed E-state index contributed by atoms with van der Waals surface area (Å²) in [4.78, 5) is 25.4. The Morgan fingerprint density at radius 1 is 1.17 bits per heavy atom. The van der Waals surface area contributed by atoms with E-state index >= 15 is 0 Å². The third-order valence-electron chi connectivity index (χ3n) is 5.34. The number of nitrogens with one attached hydrogen (secondary N) is 2. The Hall–Kier alpha value is -3.81. The molecule has 0 fully saturated rings. The molecule has 0 unspecified atom stereocenters. The number of nitrogens with zero attached hydrogens (tertiary/aromatic N) is 1. The molecule has 2 aromatic carbocycles. The zero-order valence-electron chi connectivity index (χ0n) is 21.8. The van der Waals surface area contributed by atoms with Gasteiger partial charge in [-0.3, -0.25) is 9.59 Å². The number of phenolic OH excluding ortho intramolecular Hbond substituents is 1. The van der Waals surface area contributed by atoms with Crippen LogP contribution in [0, 0.1) is 19.8 Å². The zero-order valence-corrected chi connectivity index (χ0v) is 21.8. The van der Waals surface area contributed by atoms with Gasteiger partial charge in [0.2, 0.25) is 0 Å². The summed E-state index contributed by atoms with van der Waals surface area (Å²) in [7, 11) is 0. The molecule has 0 aliphatic carbocycles. The number of rotatable bonds is 13. The number of hydrogen-bond donors (Lipinski definition) is 3. The average molecular weight is 496 g/mol. The number of amides is 2. The Labute approximate surface area is 213 Å². The lowest BCUT2D eigenvalue weighted by atomic mass is 10.0. The predicted octanol–water partition coefficient (Wildman–Crippen LogP) is 4.20. The molecule has 194 valence electrons. The summed E-state index contributed by atoms with van der Waals surface area (Å²) in [5.74, 6) is 0.390. The second-order valence-corrected chi connectivity index (χ2v) is 8.95. The first kappa shape index (κ1) is 28.4. The van der Waals surface area contributed by atoms with Gasteiger partial charge in [0.05, 0.1) is 12.8 Å². The maximum Gasteiger partial charge on any atom is 0.262 e. The standard InChI is InChI=1S/C28H37N3O5/c1-7-10-22-14-21(15-24(26(22)33)35-8-2)16-29-31-28(34)23(13-18(3)4)30-25(32)17-36-27-19(5)11-9-12-20(27)6/h7,9,11-12,14-16,18,23,33H,1,8,10,13,17H2,2-6H3,(H,30,32)(H,31,34)/b29-16-/t23-/m0/s1. The Morgan fingerprint density at radius 2 is 1.86 bits per heavy atom. The van der Waals surface area contributed by atoms with E-state index in [1.807, 2.05) is 52.8 Å². The summed E-state index contributed by atoms with van der Waals surface area (Å²) in [6.07, 6.45) is 4.03. The van der Waals surface area contributed by atoms with Crippen molar-refractivity contribution in [3.8, 4) is 17.2 Å². The molecule has 3 N–H and O–H groups in total. The van der Waals surface area contributed by atoms with Gasteiger partial charge in [-0.2, -0.15) is 5.10 Å². The monoisotopic (exact) mass is 495 g/mol. The van der Waals surface area contributed by atoms with E-state index in [1.54, 1.807) is 18.2 Å². The fraction of sp³-hybridized carbons (Fsp3) is 0.393. The minimum Gasteiger partial charge on any atom is -0.504 e. The van der Waals surface area contributed by atoms with Crippen LogP contribution in [0.15, 0.2) is 48.1 Å². The lowest BCUT2D eigenvalue weighted by molar-refractivity contribution is -0.130. The number of hydrazone groups is 1. The van der Waals surface area contributed by atoms with Crippen molar-refractivity contribution in [2.24, 2.45) is 11.0 Å². The molecule has 0 saturated heterocycles. The van der Waals surface area contributed by atoms with Crippen molar-refractivity contribution in [3.05, 3.63) is 65.2 Å². The SMILES string of the molecule is C=CCc1cc(/C=N\NC(=O)[C@H](CC(C)C)NC(=O)COc2c(C)cccc2C)cc(OCC)c1O. The summed E-state index contributed by atoms with van der Waals surface area (Å²) in [5.41, 5.74) is 5.65. The number of hydrogen-bond acceptors (Lipinski definition) is 6. The number of phenols is 1. The van der Waals surface area contributed by atoms with Crippen molar-refractivity contribution in [2.45, 2.75) is 53.5 Å². The van der Waals surface area contributed by atoms with Crippen molar-refractivity contribution in [3.63, 3.8) is 0 Å². The molecule has 0 bridgehead atoms. The van der Waals surface area contributed by atoms with Gasteiger partial charge in [0.25, 0.3) is 11.8 Å². The maximum absolute atomic E-state index is 12.8. The number of para-hydroxylation sites is 1. The van der Waals surface area contributed by atoms with E-state index in [9.17, 15) is 14.7 Å². The Morgan fingerprint density at radius 3 is 2.47 bits per heavy atom. The van der Waals surface area contributed by atoms with E-state index in [0.29, 0.717) is 42.1 Å². The van der Waals surface area contributed by atoms with Crippen LogP contribution in [0.25, 0.3) is 0 Å². The number of carbonyl (C=O) groups excluding carboxylic acids is 2. The van der Waals surface area contributed by atoms with E-state index in [1.165, 1.54) is 6.21 Å². The van der Waals surface area contributed by atoms with Crippen LogP contribution in [0.4, 0.5) is 0 Å². The summed E-state index contributed by atoms with van der Waals surface area (Å²) in [6, 6.07) is 8.37. The molecule has 8 nitrogen and oxygen atoms in total. The lowest BCUT2D eigenvalue weighted by Crippen LogP contribution is -2.47.